The van der Waals surface area contributed by atoms with Gasteiger partial charge in [-0.3, -0.25) is 4.98 Å². The molecule has 0 amide bonds. The number of nitrogens with one attached hydrogen (secondary N) is 1. The van der Waals surface area contributed by atoms with E-state index in [-0.39, 0.29) is 12.2 Å². The second-order valence-corrected chi connectivity index (χ2v) is 7.01. The molecule has 0 aliphatic rings. The van der Waals surface area contributed by atoms with Crippen LogP contribution in [0.1, 0.15) is 17.1 Å². The van der Waals surface area contributed by atoms with Gasteiger partial charge in [0.15, 0.2) is 11.5 Å². The van der Waals surface area contributed by atoms with Crippen LogP contribution < -0.4 is 14.8 Å². The topological polar surface area (TPSA) is 87.6 Å². The molecule has 0 aliphatic carbocycles. The van der Waals surface area contributed by atoms with Gasteiger partial charge in [-0.15, -0.1) is 0 Å². The van der Waals surface area contributed by atoms with Crippen LogP contribution in [0, 0.1) is 6.92 Å². The van der Waals surface area contributed by atoms with Crippen LogP contribution >= 0.6 is 0 Å². The number of ether oxygens (including phenoxy) is 4. The monoisotopic (exact) mass is 466 g/mol. The Hall–Kier alpha value is -3.18. The largest absolute Gasteiger partial charge is 0.487 e. The Balaban J connectivity index is 1.91. The number of aryl methyl sites for hydroxylation is 1. The molecule has 178 valence electrons. The average Bonchev–Trinajstić information content (AvgIpc) is 2.77. The molecule has 0 radical (unpaired) electrons. The molecule has 2 aromatic heterocycles. The van der Waals surface area contributed by atoms with Gasteiger partial charge in [0, 0.05) is 31.9 Å². The third kappa shape index (κ3) is 6.65. The fourth-order valence-electron chi connectivity index (χ4n) is 3.01. The van der Waals surface area contributed by atoms with Crippen LogP contribution in [0.2, 0.25) is 0 Å². The number of halogens is 3. The van der Waals surface area contributed by atoms with Crippen LogP contribution in [0.3, 0.4) is 0 Å². The van der Waals surface area contributed by atoms with E-state index in [2.05, 4.69) is 20.3 Å². The van der Waals surface area contributed by atoms with Crippen molar-refractivity contribution in [1.29, 1.82) is 0 Å². The zero-order valence-corrected chi connectivity index (χ0v) is 18.5. The highest BCUT2D eigenvalue weighted by Crippen LogP contribution is 2.35. The zero-order chi connectivity index (χ0) is 23.8. The number of anilines is 1. The summed E-state index contributed by atoms with van der Waals surface area (Å²) in [5, 5.41) is 3.69. The molecule has 3 aromatic rings. The smallest absolute Gasteiger partial charge is 0.416 e. The number of alkyl halides is 3. The van der Waals surface area contributed by atoms with E-state index in [1.807, 2.05) is 0 Å². The highest BCUT2D eigenvalue weighted by molar-refractivity contribution is 5.91. The third-order valence-electron chi connectivity index (χ3n) is 4.54. The predicted molar refractivity (Wildman–Crippen MR) is 116 cm³/mol. The number of nitrogens with zero attached hydrogens (tertiary/aromatic N) is 3. The lowest BCUT2D eigenvalue weighted by Crippen LogP contribution is -2.10. The number of benzene rings is 1. The van der Waals surface area contributed by atoms with E-state index < -0.39 is 11.7 Å². The molecule has 33 heavy (non-hydrogen) atoms. The summed E-state index contributed by atoms with van der Waals surface area (Å²) in [5.74, 6) is 1.87. The van der Waals surface area contributed by atoms with Crippen molar-refractivity contribution < 1.29 is 32.1 Å². The Morgan fingerprint density at radius 3 is 2.21 bits per heavy atom. The highest BCUT2D eigenvalue weighted by atomic mass is 19.4. The number of methoxy groups -OCH3 is 2. The van der Waals surface area contributed by atoms with Gasteiger partial charge in [0.25, 0.3) is 0 Å². The minimum atomic E-state index is -4.44. The van der Waals surface area contributed by atoms with Crippen molar-refractivity contribution >= 4 is 16.7 Å². The van der Waals surface area contributed by atoms with Crippen molar-refractivity contribution in [1.82, 2.24) is 15.0 Å². The molecule has 0 atom stereocenters. The molecule has 0 bridgehead atoms. The van der Waals surface area contributed by atoms with Gasteiger partial charge in [0.05, 0.1) is 36.5 Å². The van der Waals surface area contributed by atoms with Gasteiger partial charge < -0.3 is 24.3 Å². The fourth-order valence-corrected chi connectivity index (χ4v) is 3.01. The minimum absolute atomic E-state index is 0.0431. The SMILES string of the molecule is COCCOc1cc2nc(C)nc(NCc3cc(C(F)(F)F)ccn3)c2cc1OCCOC. The summed E-state index contributed by atoms with van der Waals surface area (Å²) in [4.78, 5) is 12.9. The number of hydrogen-bond acceptors (Lipinski definition) is 8. The molecule has 0 saturated heterocycles. The van der Waals surface area contributed by atoms with Crippen LogP contribution in [0.5, 0.6) is 11.5 Å². The van der Waals surface area contributed by atoms with Gasteiger partial charge in [-0.2, -0.15) is 13.2 Å². The van der Waals surface area contributed by atoms with Gasteiger partial charge >= 0.3 is 6.18 Å². The number of aromatic nitrogens is 3. The van der Waals surface area contributed by atoms with Gasteiger partial charge in [0.1, 0.15) is 24.9 Å². The quantitative estimate of drug-likeness (QED) is 0.424. The number of rotatable bonds is 11. The first-order valence-corrected chi connectivity index (χ1v) is 10.1. The van der Waals surface area contributed by atoms with Gasteiger partial charge in [-0.25, -0.2) is 9.97 Å². The molecular weight excluding hydrogens is 441 g/mol. The van der Waals surface area contributed by atoms with E-state index in [1.165, 1.54) is 0 Å². The van der Waals surface area contributed by atoms with Crippen molar-refractivity contribution in [3.63, 3.8) is 0 Å². The first kappa shape index (κ1) is 24.5. The summed E-state index contributed by atoms with van der Waals surface area (Å²) in [6, 6.07) is 5.40. The van der Waals surface area contributed by atoms with E-state index >= 15 is 0 Å². The summed E-state index contributed by atoms with van der Waals surface area (Å²) in [6.07, 6.45) is -3.31. The summed E-state index contributed by atoms with van der Waals surface area (Å²) in [6.45, 7) is 3.16. The second-order valence-electron chi connectivity index (χ2n) is 7.01. The zero-order valence-electron chi connectivity index (χ0n) is 18.5. The summed E-state index contributed by atoms with van der Waals surface area (Å²) < 4.78 is 60.7. The number of hydrogen-bond donors (Lipinski definition) is 1. The number of pyridine rings is 1. The first-order valence-electron chi connectivity index (χ1n) is 10.1. The Bertz CT molecular complexity index is 1080. The maximum Gasteiger partial charge on any atom is 0.416 e. The lowest BCUT2D eigenvalue weighted by molar-refractivity contribution is -0.137. The average molecular weight is 466 g/mol. The van der Waals surface area contributed by atoms with Crippen LogP contribution in [0.4, 0.5) is 19.0 Å². The van der Waals surface area contributed by atoms with Crippen LogP contribution in [-0.4, -0.2) is 55.6 Å². The van der Waals surface area contributed by atoms with E-state index in [9.17, 15) is 13.2 Å². The maximum absolute atomic E-state index is 13.0. The van der Waals surface area contributed by atoms with E-state index in [4.69, 9.17) is 18.9 Å². The first-order chi connectivity index (χ1) is 15.8. The predicted octanol–water partition coefficient (Wildman–Crippen LogP) is 4.01. The molecule has 3 rings (SSSR count). The van der Waals surface area contributed by atoms with Crippen molar-refractivity contribution in [3.8, 4) is 11.5 Å². The van der Waals surface area contributed by atoms with Crippen molar-refractivity contribution in [2.75, 3.05) is 46.0 Å². The van der Waals surface area contributed by atoms with Crippen molar-refractivity contribution in [2.45, 2.75) is 19.6 Å². The Morgan fingerprint density at radius 1 is 0.909 bits per heavy atom. The molecule has 0 fully saturated rings. The summed E-state index contributed by atoms with van der Waals surface area (Å²) in [5.41, 5.74) is 0.0588. The summed E-state index contributed by atoms with van der Waals surface area (Å²) in [7, 11) is 3.15. The molecule has 0 saturated carbocycles. The Morgan fingerprint density at radius 2 is 1.58 bits per heavy atom. The van der Waals surface area contributed by atoms with E-state index in [1.54, 1.807) is 33.3 Å². The maximum atomic E-state index is 13.0. The van der Waals surface area contributed by atoms with Crippen LogP contribution in [0.15, 0.2) is 30.5 Å². The molecule has 11 heteroatoms. The van der Waals surface area contributed by atoms with Gasteiger partial charge in [-0.1, -0.05) is 0 Å². The Kier molecular flexibility index (Phi) is 8.23. The van der Waals surface area contributed by atoms with E-state index in [0.29, 0.717) is 60.5 Å². The number of fused-ring (bicyclic) bond motifs is 1. The lowest BCUT2D eigenvalue weighted by Gasteiger charge is -2.16. The molecule has 0 aliphatic heterocycles. The third-order valence-corrected chi connectivity index (χ3v) is 4.54. The second kappa shape index (κ2) is 11.1. The molecule has 0 spiro atoms. The minimum Gasteiger partial charge on any atom is -0.487 e. The normalized spacial score (nSPS) is 11.6. The highest BCUT2D eigenvalue weighted by Gasteiger charge is 2.30. The standard InChI is InChI=1S/C22H25F3N4O4/c1-14-28-18-12-20(33-9-7-31-3)19(32-8-6-30-2)11-17(18)21(29-14)27-13-16-10-15(4-5-26-16)22(23,24)25/h4-5,10-12H,6-9,13H2,1-3H3,(H,27,28,29). The molecule has 0 unspecified atom stereocenters. The van der Waals surface area contributed by atoms with Crippen molar-refractivity contribution in [2.24, 2.45) is 0 Å². The van der Waals surface area contributed by atoms with Crippen LogP contribution in [0.25, 0.3) is 10.9 Å². The van der Waals surface area contributed by atoms with Gasteiger partial charge in [-0.05, 0) is 25.1 Å². The molecular formula is C22H25F3N4O4. The molecule has 2 heterocycles. The molecule has 1 aromatic carbocycles. The van der Waals surface area contributed by atoms with E-state index in [0.717, 1.165) is 18.3 Å². The molecule has 1 N–H and O–H groups in total. The fraction of sp³-hybridized carbons (Fsp3) is 0.409. The van der Waals surface area contributed by atoms with Crippen LogP contribution in [-0.2, 0) is 22.2 Å². The lowest BCUT2D eigenvalue weighted by atomic mass is 10.2. The van der Waals surface area contributed by atoms with Crippen molar-refractivity contribution in [3.05, 3.63) is 47.5 Å². The Labute approximate surface area is 189 Å². The van der Waals surface area contributed by atoms with Gasteiger partial charge in [0.2, 0.25) is 0 Å². The summed E-state index contributed by atoms with van der Waals surface area (Å²) >= 11 is 0. The molecule has 8 nitrogen and oxygen atoms in total.